The maximum Gasteiger partial charge on any atom is 0.280 e. The van der Waals surface area contributed by atoms with Crippen molar-refractivity contribution in [3.8, 4) is 12.3 Å². The predicted molar refractivity (Wildman–Crippen MR) is 48.8 cm³/mol. The van der Waals surface area contributed by atoms with E-state index < -0.39 is 9.05 Å². The van der Waals surface area contributed by atoms with E-state index >= 15 is 0 Å². The molecule has 0 aliphatic heterocycles. The van der Waals surface area contributed by atoms with E-state index in [0.717, 1.165) is 0 Å². The van der Waals surface area contributed by atoms with Gasteiger partial charge in [-0.05, 0) is 6.92 Å². The third-order valence-electron chi connectivity index (χ3n) is 1.47. The molecule has 1 aromatic heterocycles. The Labute approximate surface area is 81.0 Å². The van der Waals surface area contributed by atoms with Crippen LogP contribution in [0.1, 0.15) is 5.82 Å². The molecule has 0 aromatic carbocycles. The van der Waals surface area contributed by atoms with Crippen LogP contribution in [-0.2, 0) is 15.6 Å². The largest absolute Gasteiger partial charge is 0.322 e. The molecule has 0 amide bonds. The first-order chi connectivity index (χ1) is 5.95. The summed E-state index contributed by atoms with van der Waals surface area (Å²) in [5.74, 6) is 2.90. The number of aromatic nitrogens is 2. The van der Waals surface area contributed by atoms with E-state index in [4.69, 9.17) is 17.1 Å². The minimum atomic E-state index is -3.75. The van der Waals surface area contributed by atoms with Gasteiger partial charge in [-0.25, -0.2) is 13.4 Å². The molecule has 4 nitrogen and oxygen atoms in total. The molecule has 6 heteroatoms. The van der Waals surface area contributed by atoms with Gasteiger partial charge < -0.3 is 4.57 Å². The Morgan fingerprint density at radius 1 is 1.77 bits per heavy atom. The first-order valence-electron chi connectivity index (χ1n) is 3.37. The van der Waals surface area contributed by atoms with Crippen molar-refractivity contribution in [3.63, 3.8) is 0 Å². The molecule has 0 unspecified atom stereocenters. The highest BCUT2D eigenvalue weighted by Gasteiger charge is 2.15. The quantitative estimate of drug-likeness (QED) is 0.544. The third kappa shape index (κ3) is 2.23. The highest BCUT2D eigenvalue weighted by Crippen LogP contribution is 2.13. The summed E-state index contributed by atoms with van der Waals surface area (Å²) in [5, 5.41) is -0.165. The van der Waals surface area contributed by atoms with Crippen molar-refractivity contribution < 1.29 is 8.42 Å². The smallest absolute Gasteiger partial charge is 0.280 e. The molecule has 13 heavy (non-hydrogen) atoms. The van der Waals surface area contributed by atoms with Crippen molar-refractivity contribution in [1.82, 2.24) is 9.55 Å². The van der Waals surface area contributed by atoms with Crippen LogP contribution in [0, 0.1) is 19.3 Å². The van der Waals surface area contributed by atoms with Gasteiger partial charge >= 0.3 is 0 Å². The van der Waals surface area contributed by atoms with E-state index in [1.165, 1.54) is 10.8 Å². The fraction of sp³-hybridized carbons (Fsp3) is 0.286. The van der Waals surface area contributed by atoms with Gasteiger partial charge in [-0.2, -0.15) is 0 Å². The molecular weight excluding hydrogens is 212 g/mol. The number of terminal acetylenes is 1. The van der Waals surface area contributed by atoms with Crippen LogP contribution in [0.2, 0.25) is 0 Å². The highest BCUT2D eigenvalue weighted by molar-refractivity contribution is 8.13. The number of hydrogen-bond donors (Lipinski definition) is 0. The van der Waals surface area contributed by atoms with Crippen LogP contribution in [-0.4, -0.2) is 18.0 Å². The van der Waals surface area contributed by atoms with Gasteiger partial charge in [-0.3, -0.25) is 0 Å². The summed E-state index contributed by atoms with van der Waals surface area (Å²) in [7, 11) is 1.34. The van der Waals surface area contributed by atoms with Gasteiger partial charge in [0.2, 0.25) is 0 Å². The van der Waals surface area contributed by atoms with E-state index in [0.29, 0.717) is 5.82 Å². The van der Waals surface area contributed by atoms with Crippen LogP contribution in [0.15, 0.2) is 11.2 Å². The number of aryl methyl sites for hydroxylation is 1. The molecule has 0 N–H and O–H groups in total. The SMILES string of the molecule is C#CCn1cc(S(=O)(=O)Cl)nc1C. The van der Waals surface area contributed by atoms with Crippen LogP contribution in [0.25, 0.3) is 0 Å². The molecule has 0 radical (unpaired) electrons. The molecule has 0 saturated carbocycles. The number of rotatable bonds is 2. The van der Waals surface area contributed by atoms with Crippen molar-refractivity contribution in [1.29, 1.82) is 0 Å². The van der Waals surface area contributed by atoms with Crippen molar-refractivity contribution in [3.05, 3.63) is 12.0 Å². The normalized spacial score (nSPS) is 11.2. The lowest BCUT2D eigenvalue weighted by molar-refractivity contribution is 0.606. The molecule has 0 spiro atoms. The molecule has 1 rings (SSSR count). The lowest BCUT2D eigenvalue weighted by atomic mass is 10.6. The van der Waals surface area contributed by atoms with E-state index in [9.17, 15) is 8.42 Å². The maximum absolute atomic E-state index is 10.8. The van der Waals surface area contributed by atoms with Gasteiger partial charge in [0.05, 0.1) is 6.54 Å². The van der Waals surface area contributed by atoms with Gasteiger partial charge in [-0.1, -0.05) is 5.92 Å². The summed E-state index contributed by atoms with van der Waals surface area (Å²) in [4.78, 5) is 3.75. The number of imidazole rings is 1. The first-order valence-corrected chi connectivity index (χ1v) is 5.68. The molecule has 0 aliphatic rings. The number of hydrogen-bond acceptors (Lipinski definition) is 3. The Bertz CT molecular complexity index is 455. The Hall–Kier alpha value is -0.990. The van der Waals surface area contributed by atoms with E-state index in [-0.39, 0.29) is 11.6 Å². The van der Waals surface area contributed by atoms with Crippen LogP contribution in [0.5, 0.6) is 0 Å². The lowest BCUT2D eigenvalue weighted by Crippen LogP contribution is -1.95. The Balaban J connectivity index is 3.19. The summed E-state index contributed by atoms with van der Waals surface area (Å²) in [5.41, 5.74) is 0. The van der Waals surface area contributed by atoms with Crippen molar-refractivity contribution >= 4 is 19.7 Å². The van der Waals surface area contributed by atoms with Crippen molar-refractivity contribution in [2.45, 2.75) is 18.5 Å². The van der Waals surface area contributed by atoms with Crippen LogP contribution >= 0.6 is 10.7 Å². The fourth-order valence-corrected chi connectivity index (χ4v) is 1.57. The van der Waals surface area contributed by atoms with Crippen molar-refractivity contribution in [2.24, 2.45) is 0 Å². The highest BCUT2D eigenvalue weighted by atomic mass is 35.7. The Kier molecular flexibility index (Phi) is 2.64. The minimum absolute atomic E-state index is 0.165. The zero-order valence-corrected chi connectivity index (χ0v) is 8.43. The zero-order valence-electron chi connectivity index (χ0n) is 6.86. The molecule has 1 aromatic rings. The number of nitrogens with zero attached hydrogens (tertiary/aromatic N) is 2. The second-order valence-electron chi connectivity index (χ2n) is 2.40. The summed E-state index contributed by atoms with van der Waals surface area (Å²) in [6, 6.07) is 0. The number of halogens is 1. The van der Waals surface area contributed by atoms with Crippen LogP contribution in [0.3, 0.4) is 0 Å². The van der Waals surface area contributed by atoms with Gasteiger partial charge in [0, 0.05) is 16.9 Å². The molecule has 0 aliphatic carbocycles. The van der Waals surface area contributed by atoms with Gasteiger partial charge in [0.1, 0.15) is 5.82 Å². The maximum atomic E-state index is 10.8. The standard InChI is InChI=1S/C7H7ClN2O2S/c1-3-4-10-5-7(9-6(10)2)13(8,11)12/h1,5H,4H2,2H3. The van der Waals surface area contributed by atoms with Gasteiger partial charge in [0.15, 0.2) is 5.03 Å². The molecule has 0 atom stereocenters. The monoisotopic (exact) mass is 218 g/mol. The topological polar surface area (TPSA) is 52.0 Å². The summed E-state index contributed by atoms with van der Waals surface area (Å²) < 4.78 is 23.2. The molecule has 0 fully saturated rings. The summed E-state index contributed by atoms with van der Waals surface area (Å²) in [6.45, 7) is 1.94. The Morgan fingerprint density at radius 3 is 2.77 bits per heavy atom. The second-order valence-corrected chi connectivity index (χ2v) is 4.91. The van der Waals surface area contributed by atoms with Gasteiger partial charge in [0.25, 0.3) is 9.05 Å². The molecule has 1 heterocycles. The van der Waals surface area contributed by atoms with Gasteiger partial charge in [-0.15, -0.1) is 6.42 Å². The summed E-state index contributed by atoms with van der Waals surface area (Å²) in [6.07, 6.45) is 6.38. The first kappa shape index (κ1) is 10.1. The Morgan fingerprint density at radius 2 is 2.38 bits per heavy atom. The average molecular weight is 219 g/mol. The molecular formula is C7H7ClN2O2S. The third-order valence-corrected chi connectivity index (χ3v) is 2.64. The molecule has 0 bridgehead atoms. The molecule has 0 saturated heterocycles. The van der Waals surface area contributed by atoms with E-state index in [1.807, 2.05) is 0 Å². The lowest BCUT2D eigenvalue weighted by Gasteiger charge is -1.94. The average Bonchev–Trinajstić information content (AvgIpc) is 2.32. The minimum Gasteiger partial charge on any atom is -0.322 e. The fourth-order valence-electron chi connectivity index (χ4n) is 0.855. The molecule has 70 valence electrons. The van der Waals surface area contributed by atoms with E-state index in [2.05, 4.69) is 10.9 Å². The van der Waals surface area contributed by atoms with Crippen LogP contribution in [0.4, 0.5) is 0 Å². The van der Waals surface area contributed by atoms with Crippen LogP contribution < -0.4 is 0 Å². The predicted octanol–water partition coefficient (Wildman–Crippen LogP) is 0.752. The van der Waals surface area contributed by atoms with E-state index in [1.54, 1.807) is 6.92 Å². The zero-order chi connectivity index (χ0) is 10.1. The van der Waals surface area contributed by atoms with Crippen molar-refractivity contribution in [2.75, 3.05) is 0 Å². The summed E-state index contributed by atoms with van der Waals surface area (Å²) >= 11 is 0. The second kappa shape index (κ2) is 3.40.